The van der Waals surface area contributed by atoms with Gasteiger partial charge in [0, 0.05) is 0 Å². The summed E-state index contributed by atoms with van der Waals surface area (Å²) < 4.78 is 1.34. The molecule has 0 saturated heterocycles. The molecule has 1 N–H and O–H groups in total. The van der Waals surface area contributed by atoms with Crippen molar-refractivity contribution < 1.29 is 0 Å². The molecule has 1 unspecified atom stereocenters. The fourth-order valence-corrected chi connectivity index (χ4v) is 3.67. The number of nitrogens with one attached hydrogen (secondary N) is 1. The Balaban J connectivity index is 2.48. The molecule has 96 valence electrons. The summed E-state index contributed by atoms with van der Waals surface area (Å²) in [4.78, 5) is 0. The highest BCUT2D eigenvalue weighted by Gasteiger charge is 2.16. The Morgan fingerprint density at radius 2 is 1.72 bits per heavy atom. The molecule has 1 aromatic heterocycles. The Hall–Kier alpha value is -0.390. The monoisotopic (exact) mass is 371 g/mol. The molecule has 0 radical (unpaired) electrons. The van der Waals surface area contributed by atoms with E-state index in [0.717, 1.165) is 0 Å². The van der Waals surface area contributed by atoms with Crippen molar-refractivity contribution in [2.45, 2.75) is 26.8 Å². The van der Waals surface area contributed by atoms with Crippen molar-refractivity contribution in [1.82, 2.24) is 5.32 Å². The zero-order valence-electron chi connectivity index (χ0n) is 11.2. The van der Waals surface area contributed by atoms with Gasteiger partial charge in [0.1, 0.15) is 0 Å². The second-order valence-electron chi connectivity index (χ2n) is 4.70. The van der Waals surface area contributed by atoms with E-state index in [9.17, 15) is 0 Å². The van der Waals surface area contributed by atoms with Gasteiger partial charge in [-0.3, -0.25) is 0 Å². The Morgan fingerprint density at radius 3 is 2.28 bits per heavy atom. The summed E-state index contributed by atoms with van der Waals surface area (Å²) >= 11 is 4.18. The molecule has 0 aliphatic rings. The quantitative estimate of drug-likeness (QED) is 0.779. The molecule has 2 aromatic rings. The molecule has 2 rings (SSSR count). The number of halogens is 1. The van der Waals surface area contributed by atoms with Crippen LogP contribution in [-0.4, -0.2) is 7.05 Å². The first kappa shape index (κ1) is 14.0. The fourth-order valence-electron chi connectivity index (χ4n) is 2.27. The topological polar surface area (TPSA) is 12.0 Å². The lowest BCUT2D eigenvalue weighted by molar-refractivity contribution is 0.689. The van der Waals surface area contributed by atoms with Crippen LogP contribution in [0.1, 0.15) is 33.9 Å². The van der Waals surface area contributed by atoms with Crippen LogP contribution in [0.15, 0.2) is 23.6 Å². The normalized spacial score (nSPS) is 12.7. The third kappa shape index (κ3) is 2.78. The maximum atomic E-state index is 3.44. The first-order chi connectivity index (χ1) is 8.52. The van der Waals surface area contributed by atoms with Crippen molar-refractivity contribution in [3.63, 3.8) is 0 Å². The highest BCUT2D eigenvalue weighted by Crippen LogP contribution is 2.30. The van der Waals surface area contributed by atoms with Crippen molar-refractivity contribution in [2.24, 2.45) is 0 Å². The van der Waals surface area contributed by atoms with E-state index in [1.54, 1.807) is 11.3 Å². The maximum absolute atomic E-state index is 3.44. The SMILES string of the molecule is CNC(c1csc(I)c1)c1cc(C)c(C)cc1C. The Bertz CT molecular complexity index is 560. The molecule has 0 amide bonds. The molecular weight excluding hydrogens is 353 g/mol. The summed E-state index contributed by atoms with van der Waals surface area (Å²) in [5.74, 6) is 0. The van der Waals surface area contributed by atoms with Crippen molar-refractivity contribution in [3.8, 4) is 0 Å². The molecule has 0 spiro atoms. The lowest BCUT2D eigenvalue weighted by Crippen LogP contribution is -2.18. The molecule has 1 nitrogen and oxygen atoms in total. The predicted molar refractivity (Wildman–Crippen MR) is 88.6 cm³/mol. The van der Waals surface area contributed by atoms with Gasteiger partial charge < -0.3 is 5.32 Å². The fraction of sp³-hybridized carbons (Fsp3) is 0.333. The molecule has 0 saturated carbocycles. The lowest BCUT2D eigenvalue weighted by Gasteiger charge is -2.19. The predicted octanol–water partition coefficient (Wildman–Crippen LogP) is 4.59. The second-order valence-corrected chi connectivity index (χ2v) is 7.50. The molecular formula is C15H18INS. The van der Waals surface area contributed by atoms with Crippen molar-refractivity contribution in [3.05, 3.63) is 54.3 Å². The van der Waals surface area contributed by atoms with E-state index >= 15 is 0 Å². The summed E-state index contributed by atoms with van der Waals surface area (Å²) in [5.41, 5.74) is 6.83. The van der Waals surface area contributed by atoms with Gasteiger partial charge >= 0.3 is 0 Å². The lowest BCUT2D eigenvalue weighted by atomic mass is 9.93. The van der Waals surface area contributed by atoms with Crippen LogP contribution >= 0.6 is 33.9 Å². The van der Waals surface area contributed by atoms with Crippen LogP contribution in [0.4, 0.5) is 0 Å². The maximum Gasteiger partial charge on any atom is 0.0656 e. The minimum Gasteiger partial charge on any atom is -0.309 e. The largest absolute Gasteiger partial charge is 0.309 e. The highest BCUT2D eigenvalue weighted by molar-refractivity contribution is 14.1. The first-order valence-electron chi connectivity index (χ1n) is 6.02. The van der Waals surface area contributed by atoms with E-state index in [1.807, 2.05) is 7.05 Å². The van der Waals surface area contributed by atoms with E-state index in [-0.39, 0.29) is 0 Å². The van der Waals surface area contributed by atoms with E-state index in [4.69, 9.17) is 0 Å². The number of hydrogen-bond acceptors (Lipinski definition) is 2. The molecule has 0 bridgehead atoms. The van der Waals surface area contributed by atoms with Crippen LogP contribution in [0.2, 0.25) is 0 Å². The summed E-state index contributed by atoms with van der Waals surface area (Å²) in [6.45, 7) is 6.56. The van der Waals surface area contributed by atoms with Gasteiger partial charge in [-0.05, 0) is 89.7 Å². The average Bonchev–Trinajstić information content (AvgIpc) is 2.73. The first-order valence-corrected chi connectivity index (χ1v) is 7.97. The van der Waals surface area contributed by atoms with Gasteiger partial charge in [0.2, 0.25) is 0 Å². The number of aryl methyl sites for hydroxylation is 3. The minimum absolute atomic E-state index is 0.295. The van der Waals surface area contributed by atoms with Gasteiger partial charge in [-0.15, -0.1) is 11.3 Å². The Labute approximate surface area is 127 Å². The summed E-state index contributed by atoms with van der Waals surface area (Å²) in [5, 5.41) is 5.69. The van der Waals surface area contributed by atoms with E-state index < -0.39 is 0 Å². The molecule has 1 atom stereocenters. The molecule has 1 aromatic carbocycles. The molecule has 18 heavy (non-hydrogen) atoms. The van der Waals surface area contributed by atoms with Crippen molar-refractivity contribution >= 4 is 33.9 Å². The van der Waals surface area contributed by atoms with Crippen LogP contribution in [0.5, 0.6) is 0 Å². The van der Waals surface area contributed by atoms with Crippen molar-refractivity contribution in [1.29, 1.82) is 0 Å². The van der Waals surface area contributed by atoms with Gasteiger partial charge in [0.25, 0.3) is 0 Å². The van der Waals surface area contributed by atoms with Gasteiger partial charge in [0.15, 0.2) is 0 Å². The second kappa shape index (κ2) is 5.72. The molecule has 3 heteroatoms. The molecule has 1 heterocycles. The smallest absolute Gasteiger partial charge is 0.0656 e. The van der Waals surface area contributed by atoms with Gasteiger partial charge in [-0.25, -0.2) is 0 Å². The van der Waals surface area contributed by atoms with Crippen LogP contribution < -0.4 is 5.32 Å². The standard InChI is InChI=1S/C15H18INS/c1-9-5-11(3)13(6-10(9)2)15(17-4)12-7-14(16)18-8-12/h5-8,15,17H,1-4H3. The van der Waals surface area contributed by atoms with Crippen LogP contribution in [0.3, 0.4) is 0 Å². The van der Waals surface area contributed by atoms with Crippen LogP contribution in [0, 0.1) is 23.7 Å². The third-order valence-corrected chi connectivity index (χ3v) is 5.21. The average molecular weight is 371 g/mol. The van der Waals surface area contributed by atoms with Gasteiger partial charge in [0.05, 0.1) is 8.93 Å². The van der Waals surface area contributed by atoms with E-state index in [1.165, 1.54) is 30.7 Å². The zero-order valence-corrected chi connectivity index (χ0v) is 14.1. The van der Waals surface area contributed by atoms with Crippen molar-refractivity contribution in [2.75, 3.05) is 7.05 Å². The number of rotatable bonds is 3. The van der Waals surface area contributed by atoms with E-state index in [0.29, 0.717) is 6.04 Å². The van der Waals surface area contributed by atoms with Crippen LogP contribution in [-0.2, 0) is 0 Å². The minimum atomic E-state index is 0.295. The third-order valence-electron chi connectivity index (χ3n) is 3.40. The van der Waals surface area contributed by atoms with Gasteiger partial charge in [-0.2, -0.15) is 0 Å². The summed E-state index contributed by atoms with van der Waals surface area (Å²) in [6, 6.07) is 7.16. The Kier molecular flexibility index (Phi) is 4.45. The molecule has 0 aliphatic heterocycles. The number of benzene rings is 1. The Morgan fingerprint density at radius 1 is 1.06 bits per heavy atom. The van der Waals surface area contributed by atoms with E-state index in [2.05, 4.69) is 72.3 Å². The summed E-state index contributed by atoms with van der Waals surface area (Å²) in [6.07, 6.45) is 0. The summed E-state index contributed by atoms with van der Waals surface area (Å²) in [7, 11) is 2.03. The van der Waals surface area contributed by atoms with Crippen LogP contribution in [0.25, 0.3) is 0 Å². The number of hydrogen-bond donors (Lipinski definition) is 1. The van der Waals surface area contributed by atoms with Gasteiger partial charge in [-0.1, -0.05) is 12.1 Å². The number of thiophene rings is 1. The molecule has 0 aliphatic carbocycles. The highest BCUT2D eigenvalue weighted by atomic mass is 127. The zero-order chi connectivity index (χ0) is 13.3. The molecule has 0 fully saturated rings.